The van der Waals surface area contributed by atoms with Crippen LogP contribution in [0.3, 0.4) is 0 Å². The molecule has 7 N–H and O–H groups in total. The first kappa shape index (κ1) is 27.8. The van der Waals surface area contributed by atoms with Gasteiger partial charge in [0.05, 0.1) is 12.5 Å². The summed E-state index contributed by atoms with van der Waals surface area (Å²) in [6.07, 6.45) is 1.66. The lowest BCUT2D eigenvalue weighted by Gasteiger charge is -2.28. The molecule has 5 unspecified atom stereocenters. The van der Waals surface area contributed by atoms with Crippen LogP contribution in [0.15, 0.2) is 30.3 Å². The summed E-state index contributed by atoms with van der Waals surface area (Å²) >= 11 is 0. The van der Waals surface area contributed by atoms with Crippen LogP contribution in [-0.4, -0.2) is 65.4 Å². The molecule has 1 aliphatic heterocycles. The van der Waals surface area contributed by atoms with Gasteiger partial charge in [-0.3, -0.25) is 19.2 Å². The fraction of sp³-hybridized carbons (Fsp3) is 0.542. The van der Waals surface area contributed by atoms with Gasteiger partial charge in [-0.25, -0.2) is 4.79 Å². The van der Waals surface area contributed by atoms with Crippen LogP contribution in [0.25, 0.3) is 0 Å². The molecule has 4 amide bonds. The maximum Gasteiger partial charge on any atom is 0.326 e. The Morgan fingerprint density at radius 3 is 2.29 bits per heavy atom. The maximum absolute atomic E-state index is 13.3. The molecule has 1 fully saturated rings. The van der Waals surface area contributed by atoms with Gasteiger partial charge in [-0.05, 0) is 30.9 Å². The van der Waals surface area contributed by atoms with Crippen molar-refractivity contribution in [3.05, 3.63) is 35.9 Å². The van der Waals surface area contributed by atoms with E-state index in [0.717, 1.165) is 18.5 Å². The molecule has 11 nitrogen and oxygen atoms in total. The Kier molecular flexibility index (Phi) is 10.7. The standard InChI is InChI=1S/C24H35N5O6/c1-3-14(2)20(23(33)28-18(24(34)35)13-19(25)30)29-22(32)17(12-15-8-5-4-6-9-15)27-21(31)16-10-7-11-26-16/h4-6,8-9,14,16-18,20,26H,3,7,10-13H2,1-2H3,(H2,25,30)(H,27,31)(H,28,33)(H,29,32)(H,34,35). The molecule has 2 rings (SSSR count). The third-order valence-corrected chi connectivity index (χ3v) is 6.11. The van der Waals surface area contributed by atoms with Crippen LogP contribution in [0.5, 0.6) is 0 Å². The van der Waals surface area contributed by atoms with Crippen molar-refractivity contribution in [3.8, 4) is 0 Å². The van der Waals surface area contributed by atoms with Gasteiger partial charge in [-0.2, -0.15) is 0 Å². The number of carboxylic acid groups (broad SMARTS) is 1. The Hall–Kier alpha value is -3.47. The summed E-state index contributed by atoms with van der Waals surface area (Å²) in [6.45, 7) is 4.28. The molecule has 1 aromatic rings. The number of carbonyl (C=O) groups excluding carboxylic acids is 4. The van der Waals surface area contributed by atoms with Gasteiger partial charge in [-0.15, -0.1) is 0 Å². The molecular weight excluding hydrogens is 454 g/mol. The molecule has 0 aromatic heterocycles. The molecule has 0 radical (unpaired) electrons. The third kappa shape index (κ3) is 8.67. The first-order valence-corrected chi connectivity index (χ1v) is 11.8. The summed E-state index contributed by atoms with van der Waals surface area (Å²) in [5.41, 5.74) is 5.92. The van der Waals surface area contributed by atoms with Crippen LogP contribution in [-0.2, 0) is 30.4 Å². The van der Waals surface area contributed by atoms with E-state index in [9.17, 15) is 29.1 Å². The number of benzene rings is 1. The lowest BCUT2D eigenvalue weighted by molar-refractivity contribution is -0.144. The maximum atomic E-state index is 13.3. The van der Waals surface area contributed by atoms with Crippen molar-refractivity contribution in [2.24, 2.45) is 11.7 Å². The number of rotatable bonds is 13. The average molecular weight is 490 g/mol. The fourth-order valence-corrected chi connectivity index (χ4v) is 3.86. The first-order valence-electron chi connectivity index (χ1n) is 11.8. The lowest BCUT2D eigenvalue weighted by Crippen LogP contribution is -2.59. The van der Waals surface area contributed by atoms with Gasteiger partial charge in [0.15, 0.2) is 0 Å². The van der Waals surface area contributed by atoms with E-state index in [0.29, 0.717) is 12.8 Å². The highest BCUT2D eigenvalue weighted by Crippen LogP contribution is 2.12. The molecule has 0 bridgehead atoms. The summed E-state index contributed by atoms with van der Waals surface area (Å²) < 4.78 is 0. The van der Waals surface area contributed by atoms with Crippen LogP contribution in [0.2, 0.25) is 0 Å². The molecule has 192 valence electrons. The van der Waals surface area contributed by atoms with Gasteiger partial charge in [0.25, 0.3) is 0 Å². The second-order valence-corrected chi connectivity index (χ2v) is 8.84. The van der Waals surface area contributed by atoms with Gasteiger partial charge in [-0.1, -0.05) is 50.6 Å². The predicted molar refractivity (Wildman–Crippen MR) is 128 cm³/mol. The number of nitrogens with one attached hydrogen (secondary N) is 4. The second-order valence-electron chi connectivity index (χ2n) is 8.84. The monoisotopic (exact) mass is 489 g/mol. The summed E-state index contributed by atoms with van der Waals surface area (Å²) in [7, 11) is 0. The van der Waals surface area contributed by atoms with Crippen molar-refractivity contribution in [1.29, 1.82) is 0 Å². The van der Waals surface area contributed by atoms with E-state index in [2.05, 4.69) is 21.3 Å². The predicted octanol–water partition coefficient (Wildman–Crippen LogP) is -0.558. The number of carbonyl (C=O) groups is 5. The quantitative estimate of drug-likeness (QED) is 0.215. The van der Waals surface area contributed by atoms with Gasteiger partial charge >= 0.3 is 5.97 Å². The van der Waals surface area contributed by atoms with Crippen LogP contribution in [0.4, 0.5) is 0 Å². The largest absolute Gasteiger partial charge is 0.480 e. The minimum atomic E-state index is -1.52. The number of amides is 4. The molecule has 1 aromatic carbocycles. The van der Waals surface area contributed by atoms with Crippen molar-refractivity contribution in [3.63, 3.8) is 0 Å². The second kappa shape index (κ2) is 13.4. The number of hydrogen-bond donors (Lipinski definition) is 6. The zero-order valence-corrected chi connectivity index (χ0v) is 20.1. The molecule has 11 heteroatoms. The van der Waals surface area contributed by atoms with Gasteiger partial charge < -0.3 is 32.1 Å². The van der Waals surface area contributed by atoms with Crippen molar-refractivity contribution < 1.29 is 29.1 Å². The van der Waals surface area contributed by atoms with Crippen LogP contribution in [0, 0.1) is 5.92 Å². The zero-order chi connectivity index (χ0) is 26.0. The molecule has 1 aliphatic rings. The highest BCUT2D eigenvalue weighted by Gasteiger charge is 2.33. The van der Waals surface area contributed by atoms with E-state index >= 15 is 0 Å². The molecule has 1 saturated heterocycles. The van der Waals surface area contributed by atoms with E-state index in [1.807, 2.05) is 37.3 Å². The van der Waals surface area contributed by atoms with Gasteiger partial charge in [0.1, 0.15) is 18.1 Å². The third-order valence-electron chi connectivity index (χ3n) is 6.11. The Balaban J connectivity index is 2.20. The number of nitrogens with two attached hydrogens (primary N) is 1. The lowest BCUT2D eigenvalue weighted by atomic mass is 9.96. The minimum Gasteiger partial charge on any atom is -0.480 e. The normalized spacial score (nSPS) is 18.5. The highest BCUT2D eigenvalue weighted by atomic mass is 16.4. The molecule has 5 atom stereocenters. The topological polar surface area (TPSA) is 180 Å². The molecule has 0 saturated carbocycles. The Bertz CT molecular complexity index is 903. The fourth-order valence-electron chi connectivity index (χ4n) is 3.86. The summed E-state index contributed by atoms with van der Waals surface area (Å²) in [5.74, 6) is -4.26. The Labute approximate surface area is 204 Å². The van der Waals surface area contributed by atoms with Crippen LogP contribution in [0.1, 0.15) is 45.1 Å². The smallest absolute Gasteiger partial charge is 0.326 e. The van der Waals surface area contributed by atoms with Gasteiger partial charge in [0, 0.05) is 6.42 Å². The highest BCUT2D eigenvalue weighted by molar-refractivity contribution is 5.95. The Morgan fingerprint density at radius 2 is 1.74 bits per heavy atom. The molecule has 35 heavy (non-hydrogen) atoms. The molecule has 0 spiro atoms. The summed E-state index contributed by atoms with van der Waals surface area (Å²) in [4.78, 5) is 61.7. The van der Waals surface area contributed by atoms with E-state index in [1.165, 1.54) is 0 Å². The van der Waals surface area contributed by atoms with E-state index < -0.39 is 48.2 Å². The zero-order valence-electron chi connectivity index (χ0n) is 20.1. The first-order chi connectivity index (χ1) is 16.6. The molecular formula is C24H35N5O6. The number of carboxylic acids is 1. The van der Waals surface area contributed by atoms with Crippen molar-refractivity contribution >= 4 is 29.6 Å². The Morgan fingerprint density at radius 1 is 1.06 bits per heavy atom. The summed E-state index contributed by atoms with van der Waals surface area (Å²) in [5, 5.41) is 20.2. The molecule has 0 aliphatic carbocycles. The van der Waals surface area contributed by atoms with Crippen LogP contribution < -0.4 is 27.0 Å². The SMILES string of the molecule is CCC(C)C(NC(=O)C(Cc1ccccc1)NC(=O)C1CCCN1)C(=O)NC(CC(N)=O)C(=O)O. The van der Waals surface area contributed by atoms with Gasteiger partial charge in [0.2, 0.25) is 23.6 Å². The number of primary amides is 1. The number of aliphatic carboxylic acids is 1. The number of hydrogen-bond acceptors (Lipinski definition) is 6. The minimum absolute atomic E-state index is 0.208. The van der Waals surface area contributed by atoms with Crippen molar-refractivity contribution in [1.82, 2.24) is 21.3 Å². The van der Waals surface area contributed by atoms with E-state index in [1.54, 1.807) is 6.92 Å². The van der Waals surface area contributed by atoms with E-state index in [-0.39, 0.29) is 24.3 Å². The van der Waals surface area contributed by atoms with Crippen molar-refractivity contribution in [2.75, 3.05) is 6.54 Å². The average Bonchev–Trinajstić information content (AvgIpc) is 3.36. The summed E-state index contributed by atoms with van der Waals surface area (Å²) in [6, 6.07) is 5.22. The van der Waals surface area contributed by atoms with E-state index in [4.69, 9.17) is 5.73 Å². The molecule has 1 heterocycles. The van der Waals surface area contributed by atoms with Crippen molar-refractivity contribution in [2.45, 2.75) is 70.1 Å². The van der Waals surface area contributed by atoms with Crippen LogP contribution >= 0.6 is 0 Å².